The summed E-state index contributed by atoms with van der Waals surface area (Å²) in [5.74, 6) is 0.538. The summed E-state index contributed by atoms with van der Waals surface area (Å²) < 4.78 is 0. The van der Waals surface area contributed by atoms with Gasteiger partial charge in [0.15, 0.2) is 0 Å². The summed E-state index contributed by atoms with van der Waals surface area (Å²) in [4.78, 5) is 6.40. The van der Waals surface area contributed by atoms with Crippen molar-refractivity contribution in [2.75, 3.05) is 5.73 Å². The third-order valence-electron chi connectivity index (χ3n) is 4.73. The molecule has 2 aromatic rings. The predicted molar refractivity (Wildman–Crippen MR) is 86.5 cm³/mol. The minimum atomic E-state index is 0.538. The lowest BCUT2D eigenvalue weighted by Gasteiger charge is -2.22. The van der Waals surface area contributed by atoms with Gasteiger partial charge in [-0.2, -0.15) is 5.26 Å². The largest absolute Gasteiger partial charge is 0.396 e. The normalized spacial score (nSPS) is 20.6. The van der Waals surface area contributed by atoms with Crippen LogP contribution >= 0.6 is 11.3 Å². The number of rotatable bonds is 1. The summed E-state index contributed by atoms with van der Waals surface area (Å²) in [5.41, 5.74) is 11.0. The Morgan fingerprint density at radius 2 is 2.24 bits per heavy atom. The van der Waals surface area contributed by atoms with E-state index in [9.17, 15) is 5.26 Å². The fraction of sp³-hybridized carbons (Fsp3) is 0.412. The highest BCUT2D eigenvalue weighted by Gasteiger charge is 2.28. The standard InChI is InChI=1S/C17H17N3S/c18-9-13-16(19)15-14(10-5-2-1-3-6-10)11-7-4-8-12(11)20-17(15)21-13/h1-2,10H,3-8,19H2. The summed E-state index contributed by atoms with van der Waals surface area (Å²) >= 11 is 1.45. The third-order valence-corrected chi connectivity index (χ3v) is 5.73. The number of anilines is 1. The molecular formula is C17H17N3S. The molecular weight excluding hydrogens is 278 g/mol. The Balaban J connectivity index is 2.03. The molecule has 1 atom stereocenters. The molecule has 0 saturated heterocycles. The van der Waals surface area contributed by atoms with Crippen LogP contribution in [0.1, 0.15) is 53.3 Å². The first-order chi connectivity index (χ1) is 10.3. The molecule has 2 aliphatic rings. The number of hydrogen-bond acceptors (Lipinski definition) is 4. The maximum Gasteiger partial charge on any atom is 0.130 e. The van der Waals surface area contributed by atoms with Crippen LogP contribution in [0.25, 0.3) is 10.2 Å². The Kier molecular flexibility index (Phi) is 2.97. The molecule has 2 heterocycles. The molecule has 4 rings (SSSR count). The summed E-state index contributed by atoms with van der Waals surface area (Å²) in [6.45, 7) is 0. The highest BCUT2D eigenvalue weighted by Crippen LogP contribution is 2.44. The molecule has 0 spiro atoms. The molecule has 2 aliphatic carbocycles. The van der Waals surface area contributed by atoms with Crippen LogP contribution in [0.5, 0.6) is 0 Å². The van der Waals surface area contributed by atoms with E-state index in [4.69, 9.17) is 10.7 Å². The lowest BCUT2D eigenvalue weighted by Crippen LogP contribution is -2.07. The number of pyridine rings is 1. The molecule has 2 N–H and O–H groups in total. The van der Waals surface area contributed by atoms with Crippen molar-refractivity contribution in [1.29, 1.82) is 5.26 Å². The van der Waals surface area contributed by atoms with E-state index in [2.05, 4.69) is 18.2 Å². The minimum absolute atomic E-state index is 0.538. The van der Waals surface area contributed by atoms with Gasteiger partial charge < -0.3 is 5.73 Å². The molecule has 0 radical (unpaired) electrons. The first kappa shape index (κ1) is 12.8. The number of nitrogens with zero attached hydrogens (tertiary/aromatic N) is 2. The van der Waals surface area contributed by atoms with Gasteiger partial charge >= 0.3 is 0 Å². The molecule has 0 aromatic carbocycles. The van der Waals surface area contributed by atoms with E-state index in [1.165, 1.54) is 41.0 Å². The fourth-order valence-corrected chi connectivity index (χ4v) is 4.70. The highest BCUT2D eigenvalue weighted by atomic mass is 32.1. The number of fused-ring (bicyclic) bond motifs is 2. The molecule has 3 nitrogen and oxygen atoms in total. The maximum atomic E-state index is 9.27. The zero-order valence-electron chi connectivity index (χ0n) is 11.9. The average molecular weight is 295 g/mol. The van der Waals surface area contributed by atoms with Gasteiger partial charge in [-0.1, -0.05) is 12.2 Å². The molecule has 106 valence electrons. The monoisotopic (exact) mass is 295 g/mol. The van der Waals surface area contributed by atoms with Crippen molar-refractivity contribution < 1.29 is 0 Å². The fourth-order valence-electron chi connectivity index (χ4n) is 3.77. The quantitative estimate of drug-likeness (QED) is 0.807. The Morgan fingerprint density at radius 3 is 3.00 bits per heavy atom. The number of thiophene rings is 1. The summed E-state index contributed by atoms with van der Waals surface area (Å²) in [6, 6.07) is 2.23. The van der Waals surface area contributed by atoms with Gasteiger partial charge in [0.05, 0.1) is 5.69 Å². The van der Waals surface area contributed by atoms with Gasteiger partial charge in [0, 0.05) is 11.1 Å². The van der Waals surface area contributed by atoms with E-state index < -0.39 is 0 Å². The van der Waals surface area contributed by atoms with Crippen LogP contribution in [0.15, 0.2) is 12.2 Å². The number of nitrogen functional groups attached to an aromatic ring is 1. The van der Waals surface area contributed by atoms with Gasteiger partial charge in [0.2, 0.25) is 0 Å². The van der Waals surface area contributed by atoms with E-state index in [-0.39, 0.29) is 0 Å². The lowest BCUT2D eigenvalue weighted by atomic mass is 9.83. The molecule has 2 aromatic heterocycles. The Hall–Kier alpha value is -1.86. The molecule has 0 saturated carbocycles. The SMILES string of the molecule is N#Cc1sc2nc3c(c(C4CC=CCC4)c2c1N)CCC3. The van der Waals surface area contributed by atoms with Gasteiger partial charge in [-0.25, -0.2) is 4.98 Å². The van der Waals surface area contributed by atoms with E-state index in [1.807, 2.05) is 0 Å². The second-order valence-electron chi connectivity index (χ2n) is 5.92. The van der Waals surface area contributed by atoms with Crippen LogP contribution in [-0.2, 0) is 12.8 Å². The van der Waals surface area contributed by atoms with Crippen molar-refractivity contribution in [3.05, 3.63) is 33.9 Å². The van der Waals surface area contributed by atoms with Crippen LogP contribution in [-0.4, -0.2) is 4.98 Å². The highest BCUT2D eigenvalue weighted by molar-refractivity contribution is 7.19. The second-order valence-corrected chi connectivity index (χ2v) is 6.92. The van der Waals surface area contributed by atoms with Gasteiger partial charge in [0.25, 0.3) is 0 Å². The van der Waals surface area contributed by atoms with Crippen LogP contribution in [0.4, 0.5) is 5.69 Å². The van der Waals surface area contributed by atoms with Crippen molar-refractivity contribution in [2.24, 2.45) is 0 Å². The summed E-state index contributed by atoms with van der Waals surface area (Å²) in [5, 5.41) is 10.4. The van der Waals surface area contributed by atoms with Gasteiger partial charge in [-0.3, -0.25) is 0 Å². The predicted octanol–water partition coefficient (Wildman–Crippen LogP) is 4.06. The van der Waals surface area contributed by atoms with Gasteiger partial charge in [-0.05, 0) is 55.6 Å². The first-order valence-electron chi connectivity index (χ1n) is 7.58. The smallest absolute Gasteiger partial charge is 0.130 e. The van der Waals surface area contributed by atoms with E-state index in [1.54, 1.807) is 0 Å². The van der Waals surface area contributed by atoms with Crippen LogP contribution < -0.4 is 5.73 Å². The number of nitrogens with two attached hydrogens (primary N) is 1. The zero-order chi connectivity index (χ0) is 14.4. The maximum absolute atomic E-state index is 9.27. The van der Waals surface area contributed by atoms with E-state index >= 15 is 0 Å². The number of hydrogen-bond donors (Lipinski definition) is 1. The topological polar surface area (TPSA) is 62.7 Å². The Morgan fingerprint density at radius 1 is 1.33 bits per heavy atom. The van der Waals surface area contributed by atoms with Gasteiger partial charge in [0.1, 0.15) is 15.8 Å². The second kappa shape index (κ2) is 4.85. The Labute approximate surface area is 128 Å². The number of aromatic nitrogens is 1. The summed E-state index contributed by atoms with van der Waals surface area (Å²) in [6.07, 6.45) is 11.3. The van der Waals surface area contributed by atoms with Crippen molar-refractivity contribution in [3.63, 3.8) is 0 Å². The van der Waals surface area contributed by atoms with E-state index in [0.29, 0.717) is 16.5 Å². The number of nitriles is 1. The lowest BCUT2D eigenvalue weighted by molar-refractivity contribution is 0.616. The van der Waals surface area contributed by atoms with E-state index in [0.717, 1.165) is 35.9 Å². The number of aryl methyl sites for hydroxylation is 1. The first-order valence-corrected chi connectivity index (χ1v) is 8.40. The van der Waals surface area contributed by atoms with Crippen molar-refractivity contribution in [2.45, 2.75) is 44.4 Å². The number of allylic oxidation sites excluding steroid dienone is 2. The van der Waals surface area contributed by atoms with Crippen LogP contribution in [0.3, 0.4) is 0 Å². The average Bonchev–Trinajstić information content (AvgIpc) is 3.10. The van der Waals surface area contributed by atoms with Gasteiger partial charge in [-0.15, -0.1) is 11.3 Å². The molecule has 0 aliphatic heterocycles. The van der Waals surface area contributed by atoms with Crippen molar-refractivity contribution in [3.8, 4) is 6.07 Å². The zero-order valence-corrected chi connectivity index (χ0v) is 12.7. The summed E-state index contributed by atoms with van der Waals surface area (Å²) in [7, 11) is 0. The molecule has 4 heteroatoms. The molecule has 21 heavy (non-hydrogen) atoms. The molecule has 0 fully saturated rings. The third kappa shape index (κ3) is 1.88. The molecule has 0 bridgehead atoms. The van der Waals surface area contributed by atoms with Crippen molar-refractivity contribution >= 4 is 27.2 Å². The molecule has 1 unspecified atom stereocenters. The van der Waals surface area contributed by atoms with Crippen molar-refractivity contribution in [1.82, 2.24) is 4.98 Å². The van der Waals surface area contributed by atoms with Crippen LogP contribution in [0, 0.1) is 11.3 Å². The van der Waals surface area contributed by atoms with Crippen LogP contribution in [0.2, 0.25) is 0 Å². The molecule has 0 amide bonds. The minimum Gasteiger partial charge on any atom is -0.396 e. The Bertz CT molecular complexity index is 795.